The summed E-state index contributed by atoms with van der Waals surface area (Å²) in [6, 6.07) is 13.3. The molecule has 3 N–H and O–H groups in total. The third-order valence-electron chi connectivity index (χ3n) is 5.79. The van der Waals surface area contributed by atoms with Crippen molar-refractivity contribution in [3.63, 3.8) is 0 Å². The Labute approximate surface area is 188 Å². The van der Waals surface area contributed by atoms with E-state index in [2.05, 4.69) is 10.0 Å². The largest absolute Gasteiger partial charge is 0.487 e. The number of carbonyl (C=O) groups excluding carboxylic acids is 1. The fraction of sp³-hybridized carbons (Fsp3) is 0.435. The number of anilines is 1. The number of ether oxygens (including phenoxy) is 2. The Morgan fingerprint density at radius 1 is 1.19 bits per heavy atom. The van der Waals surface area contributed by atoms with Gasteiger partial charge in [-0.1, -0.05) is 25.1 Å². The van der Waals surface area contributed by atoms with E-state index in [1.54, 1.807) is 36.4 Å². The first kappa shape index (κ1) is 22.6. The topological polar surface area (TPSA) is 114 Å². The highest BCUT2D eigenvalue weighted by molar-refractivity contribution is 7.92. The van der Waals surface area contributed by atoms with Crippen LogP contribution < -0.4 is 14.8 Å². The molecule has 2 aliphatic rings. The van der Waals surface area contributed by atoms with E-state index in [9.17, 15) is 18.3 Å². The predicted octanol–water partition coefficient (Wildman–Crippen LogP) is 2.40. The lowest BCUT2D eigenvalue weighted by atomic mass is 9.84. The van der Waals surface area contributed by atoms with Gasteiger partial charge >= 0.3 is 0 Å². The quantitative estimate of drug-likeness (QED) is 0.557. The Kier molecular flexibility index (Phi) is 6.68. The van der Waals surface area contributed by atoms with Gasteiger partial charge in [-0.15, -0.1) is 0 Å². The number of aliphatic hydroxyl groups excluding tert-OH is 1. The molecule has 32 heavy (non-hydrogen) atoms. The molecule has 1 saturated heterocycles. The average Bonchev–Trinajstić information content (AvgIpc) is 3.15. The third-order valence-corrected chi connectivity index (χ3v) is 7.19. The molecular weight excluding hydrogens is 432 g/mol. The average molecular weight is 461 g/mol. The zero-order valence-corrected chi connectivity index (χ0v) is 18.7. The van der Waals surface area contributed by atoms with Gasteiger partial charge in [0.15, 0.2) is 0 Å². The molecule has 9 heteroatoms. The number of hydrogen-bond acceptors (Lipinski definition) is 6. The molecule has 0 unspecified atom stereocenters. The summed E-state index contributed by atoms with van der Waals surface area (Å²) in [5.41, 5.74) is 1.28. The summed E-state index contributed by atoms with van der Waals surface area (Å²) in [4.78, 5) is 12.4. The summed E-state index contributed by atoms with van der Waals surface area (Å²) in [6.45, 7) is 2.37. The molecule has 2 aromatic carbocycles. The van der Waals surface area contributed by atoms with Crippen molar-refractivity contribution < 1.29 is 27.8 Å². The van der Waals surface area contributed by atoms with Crippen LogP contribution in [0.15, 0.2) is 53.4 Å². The highest BCUT2D eigenvalue weighted by Crippen LogP contribution is 2.47. The van der Waals surface area contributed by atoms with E-state index < -0.39 is 16.1 Å². The SMILES string of the molecule is CCCNC(=O)C[C@@H]1C[C@@H]2c3cc(NS(=O)(=O)c4ccccc4)ccc3O[C@@H]2[C@H](CO)O1. The van der Waals surface area contributed by atoms with Crippen molar-refractivity contribution in [1.82, 2.24) is 5.32 Å². The Balaban J connectivity index is 1.54. The first-order valence-corrected chi connectivity index (χ1v) is 12.3. The minimum Gasteiger partial charge on any atom is -0.487 e. The number of carbonyl (C=O) groups is 1. The van der Waals surface area contributed by atoms with E-state index in [1.165, 1.54) is 12.1 Å². The van der Waals surface area contributed by atoms with E-state index in [-0.39, 0.29) is 42.0 Å². The van der Waals surface area contributed by atoms with Crippen molar-refractivity contribution >= 4 is 21.6 Å². The molecule has 2 aliphatic heterocycles. The molecule has 1 amide bonds. The smallest absolute Gasteiger partial charge is 0.261 e. The fourth-order valence-electron chi connectivity index (χ4n) is 4.31. The maximum atomic E-state index is 12.7. The fourth-order valence-corrected chi connectivity index (χ4v) is 5.38. The van der Waals surface area contributed by atoms with Crippen LogP contribution in [0.1, 0.15) is 37.7 Å². The standard InChI is InChI=1S/C23H28N2O6S/c1-2-10-24-22(27)13-16-12-19-18-11-15(25-32(28,29)17-6-4-3-5-7-17)8-9-20(18)31-23(19)21(14-26)30-16/h3-9,11,16,19,21,23,25-26H,2,10,12-14H2,1H3,(H,24,27)/t16-,19+,21-,23-/m0/s1. The first-order valence-electron chi connectivity index (χ1n) is 10.8. The van der Waals surface area contributed by atoms with Gasteiger partial charge in [0, 0.05) is 23.7 Å². The minimum atomic E-state index is -3.72. The summed E-state index contributed by atoms with van der Waals surface area (Å²) in [7, 11) is -3.72. The maximum Gasteiger partial charge on any atom is 0.261 e. The molecule has 4 atom stereocenters. The zero-order valence-electron chi connectivity index (χ0n) is 17.9. The van der Waals surface area contributed by atoms with E-state index in [1.807, 2.05) is 6.92 Å². The second kappa shape index (κ2) is 9.48. The summed E-state index contributed by atoms with van der Waals surface area (Å²) >= 11 is 0. The molecule has 0 bridgehead atoms. The third kappa shape index (κ3) is 4.74. The Morgan fingerprint density at radius 2 is 1.97 bits per heavy atom. The second-order valence-corrected chi connectivity index (χ2v) is 9.81. The lowest BCUT2D eigenvalue weighted by molar-refractivity contribution is -0.142. The number of nitrogens with one attached hydrogen (secondary N) is 2. The molecule has 4 rings (SSSR count). The van der Waals surface area contributed by atoms with Gasteiger partial charge in [-0.25, -0.2) is 8.42 Å². The van der Waals surface area contributed by atoms with Crippen molar-refractivity contribution in [2.75, 3.05) is 17.9 Å². The number of rotatable bonds is 8. The van der Waals surface area contributed by atoms with Gasteiger partial charge in [-0.05, 0) is 43.2 Å². The zero-order chi connectivity index (χ0) is 22.7. The van der Waals surface area contributed by atoms with Crippen molar-refractivity contribution in [1.29, 1.82) is 0 Å². The lowest BCUT2D eigenvalue weighted by Gasteiger charge is -2.37. The van der Waals surface area contributed by atoms with Crippen LogP contribution in [-0.2, 0) is 19.6 Å². The van der Waals surface area contributed by atoms with Crippen LogP contribution in [0.5, 0.6) is 5.75 Å². The first-order chi connectivity index (χ1) is 15.4. The monoisotopic (exact) mass is 460 g/mol. The lowest BCUT2D eigenvalue weighted by Crippen LogP contribution is -2.47. The Hall–Kier alpha value is -2.62. The van der Waals surface area contributed by atoms with Crippen LogP contribution >= 0.6 is 0 Å². The van der Waals surface area contributed by atoms with Crippen LogP contribution in [-0.4, -0.2) is 50.9 Å². The summed E-state index contributed by atoms with van der Waals surface area (Å²) in [5.74, 6) is 0.442. The van der Waals surface area contributed by atoms with E-state index in [0.29, 0.717) is 24.4 Å². The van der Waals surface area contributed by atoms with Crippen molar-refractivity contribution in [3.05, 3.63) is 54.1 Å². The maximum absolute atomic E-state index is 12.7. The highest BCUT2D eigenvalue weighted by Gasteiger charge is 2.46. The van der Waals surface area contributed by atoms with Crippen molar-refractivity contribution in [2.24, 2.45) is 0 Å². The minimum absolute atomic E-state index is 0.0875. The molecule has 8 nitrogen and oxygen atoms in total. The number of hydrogen-bond donors (Lipinski definition) is 3. The molecule has 0 radical (unpaired) electrons. The molecule has 0 aliphatic carbocycles. The Bertz CT molecular complexity index is 1060. The van der Waals surface area contributed by atoms with Gasteiger partial charge in [-0.2, -0.15) is 0 Å². The number of fused-ring (bicyclic) bond motifs is 3. The normalized spacial score (nSPS) is 24.2. The molecule has 0 aromatic heterocycles. The number of aliphatic hydroxyl groups is 1. The molecule has 172 valence electrons. The summed E-state index contributed by atoms with van der Waals surface area (Å²) in [6.07, 6.45) is 0.298. The molecule has 0 saturated carbocycles. The number of amides is 1. The number of sulfonamides is 1. The van der Waals surface area contributed by atoms with Crippen molar-refractivity contribution in [2.45, 2.75) is 55.3 Å². The molecular formula is C23H28N2O6S. The number of benzene rings is 2. The second-order valence-electron chi connectivity index (χ2n) is 8.13. The van der Waals surface area contributed by atoms with E-state index >= 15 is 0 Å². The van der Waals surface area contributed by atoms with E-state index in [4.69, 9.17) is 9.47 Å². The summed E-state index contributed by atoms with van der Waals surface area (Å²) in [5, 5.41) is 12.7. The summed E-state index contributed by atoms with van der Waals surface area (Å²) < 4.78 is 40.0. The van der Waals surface area contributed by atoms with Gasteiger partial charge in [0.05, 0.1) is 24.0 Å². The molecule has 0 spiro atoms. The Morgan fingerprint density at radius 3 is 2.69 bits per heavy atom. The van der Waals surface area contributed by atoms with Crippen LogP contribution in [0.4, 0.5) is 5.69 Å². The van der Waals surface area contributed by atoms with Crippen LogP contribution in [0.25, 0.3) is 0 Å². The van der Waals surface area contributed by atoms with Gasteiger partial charge in [0.2, 0.25) is 5.91 Å². The highest BCUT2D eigenvalue weighted by atomic mass is 32.2. The van der Waals surface area contributed by atoms with Gasteiger partial charge < -0.3 is 19.9 Å². The van der Waals surface area contributed by atoms with Crippen LogP contribution in [0.3, 0.4) is 0 Å². The van der Waals surface area contributed by atoms with E-state index in [0.717, 1.165) is 12.0 Å². The van der Waals surface area contributed by atoms with Gasteiger partial charge in [0.25, 0.3) is 10.0 Å². The van der Waals surface area contributed by atoms with Gasteiger partial charge in [0.1, 0.15) is 18.0 Å². The predicted molar refractivity (Wildman–Crippen MR) is 119 cm³/mol. The molecule has 2 heterocycles. The van der Waals surface area contributed by atoms with Crippen LogP contribution in [0.2, 0.25) is 0 Å². The van der Waals surface area contributed by atoms with Crippen LogP contribution in [0, 0.1) is 0 Å². The van der Waals surface area contributed by atoms with Crippen molar-refractivity contribution in [3.8, 4) is 5.75 Å². The molecule has 2 aromatic rings. The molecule has 1 fully saturated rings. The van der Waals surface area contributed by atoms with Gasteiger partial charge in [-0.3, -0.25) is 9.52 Å².